The molecular formula is C29H21ClN4O2S. The summed E-state index contributed by atoms with van der Waals surface area (Å²) in [5.41, 5.74) is 3.68. The summed E-state index contributed by atoms with van der Waals surface area (Å²) in [4.78, 5) is 29.8. The summed E-state index contributed by atoms with van der Waals surface area (Å²) >= 11 is 11.6. The monoisotopic (exact) mass is 524 g/mol. The fourth-order valence-corrected chi connectivity index (χ4v) is 5.03. The number of hydrogen-bond donors (Lipinski definition) is 0. The number of carbonyl (C=O) groups is 2. The number of aromatic nitrogens is 1. The number of carbonyl (C=O) groups excluding carboxylic acids is 2. The van der Waals surface area contributed by atoms with Crippen LogP contribution in [0.25, 0.3) is 17.0 Å². The van der Waals surface area contributed by atoms with Crippen molar-refractivity contribution in [3.05, 3.63) is 106 Å². The van der Waals surface area contributed by atoms with Crippen LogP contribution in [0.1, 0.15) is 23.6 Å². The molecule has 6 nitrogen and oxygen atoms in total. The minimum atomic E-state index is -0.492. The zero-order valence-corrected chi connectivity index (χ0v) is 21.5. The molecule has 4 aromatic rings. The van der Waals surface area contributed by atoms with Gasteiger partial charge >= 0.3 is 0 Å². The lowest BCUT2D eigenvalue weighted by Crippen LogP contribution is -2.56. The summed E-state index contributed by atoms with van der Waals surface area (Å²) < 4.78 is 2.02. The summed E-state index contributed by atoms with van der Waals surface area (Å²) in [5.74, 6) is -0.928. The van der Waals surface area contributed by atoms with Gasteiger partial charge < -0.3 is 4.57 Å². The third kappa shape index (κ3) is 4.42. The first-order chi connectivity index (χ1) is 17.9. The number of nitriles is 1. The van der Waals surface area contributed by atoms with E-state index in [1.807, 2.05) is 60.2 Å². The lowest BCUT2D eigenvalue weighted by Gasteiger charge is -2.36. The Balaban J connectivity index is 1.62. The number of nitrogens with zero attached hydrogens (tertiary/aromatic N) is 4. The molecule has 1 aliphatic heterocycles. The van der Waals surface area contributed by atoms with E-state index < -0.39 is 11.8 Å². The fraction of sp³-hybridized carbons (Fsp3) is 0.103. The molecule has 0 saturated carbocycles. The van der Waals surface area contributed by atoms with E-state index in [4.69, 9.17) is 23.8 Å². The van der Waals surface area contributed by atoms with Gasteiger partial charge in [0.2, 0.25) is 0 Å². The van der Waals surface area contributed by atoms with Gasteiger partial charge in [0.05, 0.1) is 17.3 Å². The molecule has 3 aromatic carbocycles. The van der Waals surface area contributed by atoms with Gasteiger partial charge in [0.1, 0.15) is 5.57 Å². The van der Waals surface area contributed by atoms with Crippen molar-refractivity contribution in [1.29, 1.82) is 5.26 Å². The first-order valence-electron chi connectivity index (χ1n) is 11.7. The maximum absolute atomic E-state index is 13.7. The second kappa shape index (κ2) is 10.0. The van der Waals surface area contributed by atoms with Crippen molar-refractivity contribution in [3.8, 4) is 6.07 Å². The minimum absolute atomic E-state index is 0.0192. The fourth-order valence-electron chi connectivity index (χ4n) is 4.50. The van der Waals surface area contributed by atoms with Crippen LogP contribution in [-0.2, 0) is 16.1 Å². The standard InChI is InChI=1S/C29H21ClN4O2S/c1-2-33-27(35)25(28(36)34(29(33)37)23-13-11-22(30)12-14-23)15-21-18-32(26-10-6-5-9-24(21)26)17-20-8-4-3-7-19(20)16-31/h3-15,18H,2,17H2,1H3/b25-15+. The smallest absolute Gasteiger partial charge is 0.270 e. The van der Waals surface area contributed by atoms with Crippen LogP contribution in [0.5, 0.6) is 0 Å². The molecule has 2 heterocycles. The normalized spacial score (nSPS) is 15.1. The predicted octanol–water partition coefficient (Wildman–Crippen LogP) is 5.78. The van der Waals surface area contributed by atoms with Crippen molar-refractivity contribution in [3.63, 3.8) is 0 Å². The molecule has 5 rings (SSSR count). The number of thiocarbonyl (C=S) groups is 1. The molecule has 37 heavy (non-hydrogen) atoms. The molecule has 0 aliphatic carbocycles. The highest BCUT2D eigenvalue weighted by molar-refractivity contribution is 7.80. The number of fused-ring (bicyclic) bond motifs is 1. The zero-order valence-electron chi connectivity index (χ0n) is 19.9. The Labute approximate surface area is 224 Å². The highest BCUT2D eigenvalue weighted by Crippen LogP contribution is 2.30. The van der Waals surface area contributed by atoms with Gasteiger partial charge in [-0.15, -0.1) is 0 Å². The second-order valence-electron chi connectivity index (χ2n) is 8.51. The Bertz CT molecular complexity index is 1630. The van der Waals surface area contributed by atoms with Gasteiger partial charge in [-0.2, -0.15) is 5.26 Å². The number of halogens is 1. The molecule has 182 valence electrons. The van der Waals surface area contributed by atoms with Crippen molar-refractivity contribution in [2.75, 3.05) is 11.4 Å². The first-order valence-corrected chi connectivity index (χ1v) is 12.4. The van der Waals surface area contributed by atoms with Gasteiger partial charge in [-0.25, -0.2) is 0 Å². The average Bonchev–Trinajstić information content (AvgIpc) is 3.25. The molecule has 1 aromatic heterocycles. The first kappa shape index (κ1) is 24.4. The molecule has 8 heteroatoms. The third-order valence-electron chi connectivity index (χ3n) is 6.33. The lowest BCUT2D eigenvalue weighted by atomic mass is 10.1. The van der Waals surface area contributed by atoms with Crippen LogP contribution in [0.2, 0.25) is 5.02 Å². The van der Waals surface area contributed by atoms with Gasteiger partial charge in [0.25, 0.3) is 11.8 Å². The average molecular weight is 525 g/mol. The molecule has 2 amide bonds. The van der Waals surface area contributed by atoms with Crippen molar-refractivity contribution < 1.29 is 9.59 Å². The van der Waals surface area contributed by atoms with E-state index in [1.54, 1.807) is 36.4 Å². The van der Waals surface area contributed by atoms with Crippen LogP contribution < -0.4 is 4.90 Å². The van der Waals surface area contributed by atoms with E-state index >= 15 is 0 Å². The number of anilines is 1. The van der Waals surface area contributed by atoms with Gasteiger partial charge in [0, 0.05) is 40.8 Å². The van der Waals surface area contributed by atoms with Crippen LogP contribution in [0.4, 0.5) is 5.69 Å². The maximum Gasteiger partial charge on any atom is 0.270 e. The number of para-hydroxylation sites is 1. The van der Waals surface area contributed by atoms with Crippen LogP contribution in [0.15, 0.2) is 84.6 Å². The molecule has 0 unspecified atom stereocenters. The number of benzene rings is 3. The molecule has 0 N–H and O–H groups in total. The predicted molar refractivity (Wildman–Crippen MR) is 149 cm³/mol. The van der Waals surface area contributed by atoms with E-state index in [9.17, 15) is 14.9 Å². The summed E-state index contributed by atoms with van der Waals surface area (Å²) in [6.07, 6.45) is 3.54. The molecule has 1 aliphatic rings. The van der Waals surface area contributed by atoms with E-state index in [2.05, 4.69) is 6.07 Å². The highest BCUT2D eigenvalue weighted by Gasteiger charge is 2.39. The Hall–Kier alpha value is -4.25. The number of rotatable bonds is 5. The SMILES string of the molecule is CCN1C(=O)/C(=C\c2cn(Cc3ccccc3C#N)c3ccccc23)C(=O)N(c2ccc(Cl)cc2)C1=S. The highest BCUT2D eigenvalue weighted by atomic mass is 35.5. The number of amides is 2. The van der Waals surface area contributed by atoms with Crippen molar-refractivity contribution in [1.82, 2.24) is 9.47 Å². The summed E-state index contributed by atoms with van der Waals surface area (Å²) in [6, 6.07) is 24.2. The molecule has 0 spiro atoms. The summed E-state index contributed by atoms with van der Waals surface area (Å²) in [7, 11) is 0. The lowest BCUT2D eigenvalue weighted by molar-refractivity contribution is -0.127. The molecule has 0 atom stereocenters. The molecular weight excluding hydrogens is 504 g/mol. The Kier molecular flexibility index (Phi) is 6.62. The molecule has 1 fully saturated rings. The van der Waals surface area contributed by atoms with E-state index in [-0.39, 0.29) is 10.7 Å². The van der Waals surface area contributed by atoms with E-state index in [0.717, 1.165) is 22.0 Å². The molecule has 0 radical (unpaired) electrons. The van der Waals surface area contributed by atoms with Crippen LogP contribution in [0, 0.1) is 11.3 Å². The van der Waals surface area contributed by atoms with Crippen molar-refractivity contribution in [2.45, 2.75) is 13.5 Å². The van der Waals surface area contributed by atoms with Crippen molar-refractivity contribution in [2.24, 2.45) is 0 Å². The van der Waals surface area contributed by atoms with Gasteiger partial charge in [0.15, 0.2) is 5.11 Å². The number of hydrogen-bond acceptors (Lipinski definition) is 4. The summed E-state index contributed by atoms with van der Waals surface area (Å²) in [6.45, 7) is 2.60. The van der Waals surface area contributed by atoms with Crippen molar-refractivity contribution >= 4 is 63.4 Å². The van der Waals surface area contributed by atoms with Gasteiger partial charge in [-0.05, 0) is 67.2 Å². The van der Waals surface area contributed by atoms with Crippen LogP contribution >= 0.6 is 23.8 Å². The minimum Gasteiger partial charge on any atom is -0.342 e. The number of likely N-dealkylation sites (N-methyl/N-ethyl adjacent to an activating group) is 1. The summed E-state index contributed by atoms with van der Waals surface area (Å²) in [5, 5.41) is 11.1. The Morgan fingerprint density at radius 1 is 0.973 bits per heavy atom. The Morgan fingerprint density at radius 2 is 1.68 bits per heavy atom. The quantitative estimate of drug-likeness (QED) is 0.188. The van der Waals surface area contributed by atoms with E-state index in [1.165, 1.54) is 9.80 Å². The third-order valence-corrected chi connectivity index (χ3v) is 6.98. The zero-order chi connectivity index (χ0) is 26.1. The topological polar surface area (TPSA) is 69.3 Å². The Morgan fingerprint density at radius 3 is 2.41 bits per heavy atom. The van der Waals surface area contributed by atoms with E-state index in [0.29, 0.717) is 29.4 Å². The molecule has 1 saturated heterocycles. The van der Waals surface area contributed by atoms with Crippen LogP contribution in [0.3, 0.4) is 0 Å². The van der Waals surface area contributed by atoms with Gasteiger partial charge in [-0.3, -0.25) is 19.4 Å². The van der Waals surface area contributed by atoms with Gasteiger partial charge in [-0.1, -0.05) is 48.0 Å². The molecule has 0 bridgehead atoms. The largest absolute Gasteiger partial charge is 0.342 e. The van der Waals surface area contributed by atoms with Crippen LogP contribution in [-0.4, -0.2) is 32.9 Å². The maximum atomic E-state index is 13.7. The second-order valence-corrected chi connectivity index (χ2v) is 9.31.